The first-order chi connectivity index (χ1) is 6.73. The van der Waals surface area contributed by atoms with Crippen LogP contribution in [0.5, 0.6) is 0 Å². The van der Waals surface area contributed by atoms with E-state index in [9.17, 15) is 14.7 Å². The van der Waals surface area contributed by atoms with E-state index in [0.717, 1.165) is 0 Å². The van der Waals surface area contributed by atoms with Crippen LogP contribution in [0.4, 0.5) is 0 Å². The first-order valence-electron chi connectivity index (χ1n) is 4.94. The maximum Gasteiger partial charge on any atom is 0.326 e. The standard InChI is InChI=1S/C10H17NO4/c1-10(2,3)8(9(14)15)11-5-6(12)4-7(11)13/h6,8,12H,4-5H2,1-3H3,(H,14,15). The van der Waals surface area contributed by atoms with Gasteiger partial charge in [-0.1, -0.05) is 20.8 Å². The summed E-state index contributed by atoms with van der Waals surface area (Å²) in [7, 11) is 0. The highest BCUT2D eigenvalue weighted by atomic mass is 16.4. The smallest absolute Gasteiger partial charge is 0.326 e. The molecule has 1 aliphatic rings. The van der Waals surface area contributed by atoms with Crippen molar-refractivity contribution < 1.29 is 19.8 Å². The molecule has 0 aromatic heterocycles. The molecule has 2 unspecified atom stereocenters. The van der Waals surface area contributed by atoms with Crippen LogP contribution < -0.4 is 0 Å². The first-order valence-corrected chi connectivity index (χ1v) is 4.94. The molecule has 2 N–H and O–H groups in total. The van der Waals surface area contributed by atoms with Crippen molar-refractivity contribution >= 4 is 11.9 Å². The minimum atomic E-state index is -1.02. The topological polar surface area (TPSA) is 77.8 Å². The Balaban J connectivity index is 2.91. The van der Waals surface area contributed by atoms with Crippen LogP contribution in [0.3, 0.4) is 0 Å². The van der Waals surface area contributed by atoms with Crippen LogP contribution in [-0.4, -0.2) is 45.7 Å². The van der Waals surface area contributed by atoms with Gasteiger partial charge in [0.15, 0.2) is 0 Å². The highest BCUT2D eigenvalue weighted by Gasteiger charge is 2.43. The van der Waals surface area contributed by atoms with E-state index >= 15 is 0 Å². The zero-order valence-electron chi connectivity index (χ0n) is 9.23. The fraction of sp³-hybridized carbons (Fsp3) is 0.800. The first kappa shape index (κ1) is 12.0. The van der Waals surface area contributed by atoms with Gasteiger partial charge in [0.05, 0.1) is 12.5 Å². The van der Waals surface area contributed by atoms with Gasteiger partial charge in [0.25, 0.3) is 0 Å². The summed E-state index contributed by atoms with van der Waals surface area (Å²) in [5.41, 5.74) is -0.536. The summed E-state index contributed by atoms with van der Waals surface area (Å²) in [5, 5.41) is 18.4. The maximum absolute atomic E-state index is 11.5. The average Bonchev–Trinajstić information content (AvgIpc) is 2.26. The van der Waals surface area contributed by atoms with Gasteiger partial charge >= 0.3 is 5.97 Å². The summed E-state index contributed by atoms with van der Waals surface area (Å²) in [6, 6.07) is -0.873. The quantitative estimate of drug-likeness (QED) is 0.683. The van der Waals surface area contributed by atoms with Crippen molar-refractivity contribution in [1.82, 2.24) is 4.90 Å². The number of aliphatic carboxylic acids is 1. The Morgan fingerprint density at radius 1 is 1.53 bits per heavy atom. The molecule has 1 amide bonds. The average molecular weight is 215 g/mol. The highest BCUT2D eigenvalue weighted by Crippen LogP contribution is 2.28. The van der Waals surface area contributed by atoms with Gasteiger partial charge in [-0.25, -0.2) is 4.79 Å². The zero-order chi connectivity index (χ0) is 11.8. The van der Waals surface area contributed by atoms with Gasteiger partial charge in [-0.2, -0.15) is 0 Å². The molecule has 1 saturated heterocycles. The fourth-order valence-electron chi connectivity index (χ4n) is 1.93. The Kier molecular flexibility index (Phi) is 3.04. The van der Waals surface area contributed by atoms with Crippen molar-refractivity contribution in [3.05, 3.63) is 0 Å². The van der Waals surface area contributed by atoms with Crippen LogP contribution in [0.25, 0.3) is 0 Å². The number of likely N-dealkylation sites (tertiary alicyclic amines) is 1. The molecule has 0 radical (unpaired) electrons. The third-order valence-corrected chi connectivity index (χ3v) is 2.50. The van der Waals surface area contributed by atoms with Crippen LogP contribution in [0.1, 0.15) is 27.2 Å². The molecular formula is C10H17NO4. The third kappa shape index (κ3) is 2.47. The van der Waals surface area contributed by atoms with Crippen LogP contribution in [0.2, 0.25) is 0 Å². The molecule has 86 valence electrons. The molecular weight excluding hydrogens is 198 g/mol. The van der Waals surface area contributed by atoms with Crippen molar-refractivity contribution in [2.45, 2.75) is 39.3 Å². The third-order valence-electron chi connectivity index (χ3n) is 2.50. The van der Waals surface area contributed by atoms with Crippen molar-refractivity contribution in [2.24, 2.45) is 5.41 Å². The lowest BCUT2D eigenvalue weighted by Crippen LogP contribution is -2.50. The molecule has 0 spiro atoms. The summed E-state index contributed by atoms with van der Waals surface area (Å²) in [6.07, 6.45) is -0.707. The predicted molar refractivity (Wildman–Crippen MR) is 53.2 cm³/mol. The van der Waals surface area contributed by atoms with Crippen LogP contribution in [0.15, 0.2) is 0 Å². The Hall–Kier alpha value is -1.10. The second-order valence-corrected chi connectivity index (χ2v) is 5.01. The Morgan fingerprint density at radius 2 is 2.07 bits per heavy atom. The summed E-state index contributed by atoms with van der Waals surface area (Å²) in [6.45, 7) is 5.42. The van der Waals surface area contributed by atoms with E-state index in [1.807, 2.05) is 0 Å². The number of carbonyl (C=O) groups excluding carboxylic acids is 1. The van der Waals surface area contributed by atoms with Gasteiger partial charge < -0.3 is 15.1 Å². The second kappa shape index (κ2) is 3.81. The zero-order valence-corrected chi connectivity index (χ0v) is 9.23. The van der Waals surface area contributed by atoms with E-state index in [4.69, 9.17) is 5.11 Å². The molecule has 1 rings (SSSR count). The Labute approximate surface area is 88.7 Å². The van der Waals surface area contributed by atoms with Crippen molar-refractivity contribution in [3.63, 3.8) is 0 Å². The minimum Gasteiger partial charge on any atom is -0.480 e. The van der Waals surface area contributed by atoms with Crippen molar-refractivity contribution in [2.75, 3.05) is 6.54 Å². The van der Waals surface area contributed by atoms with Gasteiger partial charge in [0.2, 0.25) is 5.91 Å². The monoisotopic (exact) mass is 215 g/mol. The van der Waals surface area contributed by atoms with E-state index in [1.54, 1.807) is 20.8 Å². The molecule has 1 heterocycles. The number of β-amino-alcohol motifs (C(OH)–C–C–N with tert-alkyl or cyclic N) is 1. The molecule has 1 fully saturated rings. The molecule has 5 heteroatoms. The molecule has 2 atom stereocenters. The summed E-state index contributed by atoms with van der Waals surface area (Å²) >= 11 is 0. The van der Waals surface area contributed by atoms with Crippen molar-refractivity contribution in [3.8, 4) is 0 Å². The lowest BCUT2D eigenvalue weighted by atomic mass is 9.86. The van der Waals surface area contributed by atoms with E-state index < -0.39 is 23.5 Å². The summed E-state index contributed by atoms with van der Waals surface area (Å²) in [4.78, 5) is 23.8. The summed E-state index contributed by atoms with van der Waals surface area (Å²) < 4.78 is 0. The molecule has 0 saturated carbocycles. The lowest BCUT2D eigenvalue weighted by Gasteiger charge is -2.34. The number of aliphatic hydroxyl groups excluding tert-OH is 1. The number of hydrogen-bond acceptors (Lipinski definition) is 3. The Morgan fingerprint density at radius 3 is 2.33 bits per heavy atom. The molecule has 0 aliphatic carbocycles. The van der Waals surface area contributed by atoms with Gasteiger partial charge in [0.1, 0.15) is 6.04 Å². The van der Waals surface area contributed by atoms with Crippen LogP contribution >= 0.6 is 0 Å². The van der Waals surface area contributed by atoms with Gasteiger partial charge in [-0.15, -0.1) is 0 Å². The van der Waals surface area contributed by atoms with E-state index in [2.05, 4.69) is 0 Å². The number of aliphatic hydroxyl groups is 1. The largest absolute Gasteiger partial charge is 0.480 e. The minimum absolute atomic E-state index is 0.0276. The van der Waals surface area contributed by atoms with Crippen molar-refractivity contribution in [1.29, 1.82) is 0 Å². The molecule has 0 bridgehead atoms. The van der Waals surface area contributed by atoms with Crippen LogP contribution in [0, 0.1) is 5.41 Å². The maximum atomic E-state index is 11.5. The molecule has 0 aromatic carbocycles. The molecule has 15 heavy (non-hydrogen) atoms. The highest BCUT2D eigenvalue weighted by molar-refractivity contribution is 5.86. The number of carboxylic acids is 1. The number of carboxylic acid groups (broad SMARTS) is 1. The molecule has 1 aliphatic heterocycles. The number of carbonyl (C=O) groups is 2. The number of hydrogen-bond donors (Lipinski definition) is 2. The fourth-order valence-corrected chi connectivity index (χ4v) is 1.93. The molecule has 5 nitrogen and oxygen atoms in total. The second-order valence-electron chi connectivity index (χ2n) is 5.01. The number of nitrogens with zero attached hydrogens (tertiary/aromatic N) is 1. The SMILES string of the molecule is CC(C)(C)C(C(=O)O)N1CC(O)CC1=O. The Bertz CT molecular complexity index is 282. The summed E-state index contributed by atoms with van der Waals surface area (Å²) in [5.74, 6) is -1.31. The van der Waals surface area contributed by atoms with Gasteiger partial charge in [-0.05, 0) is 5.41 Å². The van der Waals surface area contributed by atoms with Gasteiger partial charge in [0, 0.05) is 6.54 Å². The predicted octanol–water partition coefficient (Wildman–Crippen LogP) is 0.0789. The number of amides is 1. The lowest BCUT2D eigenvalue weighted by molar-refractivity contribution is -0.153. The van der Waals surface area contributed by atoms with E-state index in [1.165, 1.54) is 4.90 Å². The van der Waals surface area contributed by atoms with Gasteiger partial charge in [-0.3, -0.25) is 4.79 Å². The van der Waals surface area contributed by atoms with E-state index in [0.29, 0.717) is 0 Å². The molecule has 0 aromatic rings. The van der Waals surface area contributed by atoms with E-state index in [-0.39, 0.29) is 18.9 Å². The number of rotatable bonds is 2. The van der Waals surface area contributed by atoms with Crippen LogP contribution in [-0.2, 0) is 9.59 Å². The normalized spacial score (nSPS) is 24.4.